The van der Waals surface area contributed by atoms with Crippen LogP contribution in [-0.4, -0.2) is 23.9 Å². The monoisotopic (exact) mass is 286 g/mol. The number of nitrogens with two attached hydrogens (primary N) is 1. The molecule has 0 radical (unpaired) electrons. The molecule has 1 aromatic heterocycles. The van der Waals surface area contributed by atoms with Gasteiger partial charge < -0.3 is 16.0 Å². The van der Waals surface area contributed by atoms with E-state index in [1.54, 1.807) is 19.2 Å². The van der Waals surface area contributed by atoms with Gasteiger partial charge in [-0.3, -0.25) is 4.79 Å². The summed E-state index contributed by atoms with van der Waals surface area (Å²) >= 11 is 5.99. The molecule has 1 amide bonds. The zero-order chi connectivity index (χ0) is 12.4. The molecule has 96 valence electrons. The molecule has 4 N–H and O–H groups in total. The van der Waals surface area contributed by atoms with Crippen LogP contribution in [0.5, 0.6) is 0 Å². The lowest BCUT2D eigenvalue weighted by Gasteiger charge is -1.95. The van der Waals surface area contributed by atoms with Crippen LogP contribution in [0.15, 0.2) is 29.3 Å². The van der Waals surface area contributed by atoms with Crippen LogP contribution in [-0.2, 0) is 0 Å². The average molecular weight is 287 g/mol. The minimum atomic E-state index is -0.441. The van der Waals surface area contributed by atoms with Crippen LogP contribution >= 0.6 is 24.0 Å². The summed E-state index contributed by atoms with van der Waals surface area (Å²) in [7, 11) is 1.59. The number of H-pyrrole nitrogens is 1. The SMILES string of the molecule is CNC(N)=NC(=O)c1cc2cccc(Cl)c2[nH]1.Cl. The number of carbonyl (C=O) groups excluding carboxylic acids is 1. The quantitative estimate of drug-likeness (QED) is 0.553. The van der Waals surface area contributed by atoms with Gasteiger partial charge in [0.1, 0.15) is 5.69 Å². The van der Waals surface area contributed by atoms with Crippen LogP contribution in [0.25, 0.3) is 10.9 Å². The first kappa shape index (κ1) is 14.3. The summed E-state index contributed by atoms with van der Waals surface area (Å²) in [5.74, 6) is -0.371. The lowest BCUT2D eigenvalue weighted by atomic mass is 10.2. The van der Waals surface area contributed by atoms with Crippen molar-refractivity contribution in [3.05, 3.63) is 35.0 Å². The Labute approximate surface area is 115 Å². The van der Waals surface area contributed by atoms with E-state index < -0.39 is 5.91 Å². The number of fused-ring (bicyclic) bond motifs is 1. The lowest BCUT2D eigenvalue weighted by molar-refractivity contribution is 0.0998. The van der Waals surface area contributed by atoms with Gasteiger partial charge in [-0.05, 0) is 12.1 Å². The van der Waals surface area contributed by atoms with Gasteiger partial charge in [-0.1, -0.05) is 23.7 Å². The van der Waals surface area contributed by atoms with E-state index >= 15 is 0 Å². The number of benzene rings is 1. The third-order valence-corrected chi connectivity index (χ3v) is 2.63. The molecule has 0 aliphatic rings. The van der Waals surface area contributed by atoms with Crippen LogP contribution in [0.3, 0.4) is 0 Å². The fourth-order valence-electron chi connectivity index (χ4n) is 1.46. The van der Waals surface area contributed by atoms with Gasteiger partial charge in [0.05, 0.1) is 10.5 Å². The molecule has 1 heterocycles. The molecule has 1 aromatic carbocycles. The van der Waals surface area contributed by atoms with Gasteiger partial charge in [-0.2, -0.15) is 4.99 Å². The van der Waals surface area contributed by atoms with E-state index in [0.717, 1.165) is 10.9 Å². The summed E-state index contributed by atoms with van der Waals surface area (Å²) in [6.07, 6.45) is 0. The molecule has 0 aliphatic carbocycles. The second kappa shape index (κ2) is 5.75. The second-order valence-electron chi connectivity index (χ2n) is 3.44. The third kappa shape index (κ3) is 2.75. The smallest absolute Gasteiger partial charge is 0.296 e. The van der Waals surface area contributed by atoms with Crippen molar-refractivity contribution < 1.29 is 4.79 Å². The number of nitrogens with zero attached hydrogens (tertiary/aromatic N) is 1. The highest BCUT2D eigenvalue weighted by Gasteiger charge is 2.10. The minimum absolute atomic E-state index is 0. The lowest BCUT2D eigenvalue weighted by Crippen LogP contribution is -2.28. The van der Waals surface area contributed by atoms with Gasteiger partial charge in [-0.15, -0.1) is 12.4 Å². The summed E-state index contributed by atoms with van der Waals surface area (Å²) in [6.45, 7) is 0. The van der Waals surface area contributed by atoms with E-state index in [-0.39, 0.29) is 18.4 Å². The van der Waals surface area contributed by atoms with Gasteiger partial charge in [-0.25, -0.2) is 0 Å². The topological polar surface area (TPSA) is 83.3 Å². The molecule has 0 bridgehead atoms. The maximum atomic E-state index is 11.7. The van der Waals surface area contributed by atoms with E-state index in [2.05, 4.69) is 15.3 Å². The number of aromatic nitrogens is 1. The van der Waals surface area contributed by atoms with E-state index in [1.165, 1.54) is 0 Å². The maximum Gasteiger partial charge on any atom is 0.296 e. The fraction of sp³-hybridized carbons (Fsp3) is 0.0909. The molecule has 0 fully saturated rings. The molecule has 0 aliphatic heterocycles. The molecule has 0 saturated heterocycles. The van der Waals surface area contributed by atoms with E-state index in [1.807, 2.05) is 12.1 Å². The first-order valence-corrected chi connectivity index (χ1v) is 5.33. The molecule has 2 aromatic rings. The van der Waals surface area contributed by atoms with Crippen LogP contribution in [0.2, 0.25) is 5.02 Å². The van der Waals surface area contributed by atoms with Crippen LogP contribution in [0.4, 0.5) is 0 Å². The number of amides is 1. The Kier molecular flexibility index (Phi) is 4.58. The maximum absolute atomic E-state index is 11.7. The van der Waals surface area contributed by atoms with Gasteiger partial charge >= 0.3 is 0 Å². The molecule has 7 heteroatoms. The van der Waals surface area contributed by atoms with Crippen molar-refractivity contribution in [1.82, 2.24) is 10.3 Å². The van der Waals surface area contributed by atoms with Crippen molar-refractivity contribution >= 4 is 46.8 Å². The Morgan fingerprint density at radius 3 is 2.83 bits per heavy atom. The number of rotatable bonds is 1. The van der Waals surface area contributed by atoms with Gasteiger partial charge in [0.15, 0.2) is 5.96 Å². The second-order valence-corrected chi connectivity index (χ2v) is 3.85. The average Bonchev–Trinajstić information content (AvgIpc) is 2.74. The number of para-hydroxylation sites is 1. The number of guanidine groups is 1. The third-order valence-electron chi connectivity index (χ3n) is 2.31. The van der Waals surface area contributed by atoms with Crippen molar-refractivity contribution in [1.29, 1.82) is 0 Å². The predicted octanol–water partition coefficient (Wildman–Crippen LogP) is 1.92. The van der Waals surface area contributed by atoms with Gasteiger partial charge in [0.2, 0.25) is 0 Å². The first-order chi connectivity index (χ1) is 8.11. The number of halogens is 2. The zero-order valence-corrected chi connectivity index (χ0v) is 11.1. The van der Waals surface area contributed by atoms with E-state index in [4.69, 9.17) is 17.3 Å². The van der Waals surface area contributed by atoms with E-state index in [0.29, 0.717) is 10.7 Å². The molecular formula is C11H12Cl2N4O. The first-order valence-electron chi connectivity index (χ1n) is 4.95. The number of nitrogens with one attached hydrogen (secondary N) is 2. The van der Waals surface area contributed by atoms with Crippen LogP contribution in [0.1, 0.15) is 10.5 Å². The summed E-state index contributed by atoms with van der Waals surface area (Å²) in [5, 5.41) is 4.00. The molecule has 2 rings (SSSR count). The Morgan fingerprint density at radius 2 is 2.22 bits per heavy atom. The number of aromatic amines is 1. The highest BCUT2D eigenvalue weighted by Crippen LogP contribution is 2.23. The standard InChI is InChI=1S/C11H11ClN4O.ClH/c1-14-11(13)16-10(17)8-5-6-3-2-4-7(12)9(6)15-8;/h2-5,15H,1H3,(H3,13,14,16,17);1H. The number of hydrogen-bond donors (Lipinski definition) is 3. The van der Waals surface area contributed by atoms with Crippen molar-refractivity contribution in [2.75, 3.05) is 7.05 Å². The van der Waals surface area contributed by atoms with Crippen LogP contribution in [0, 0.1) is 0 Å². The Bertz CT molecular complexity index is 606. The largest absolute Gasteiger partial charge is 0.370 e. The number of aliphatic imine (C=N–C) groups is 1. The summed E-state index contributed by atoms with van der Waals surface area (Å²) < 4.78 is 0. The van der Waals surface area contributed by atoms with Gasteiger partial charge in [0, 0.05) is 12.4 Å². The summed E-state index contributed by atoms with van der Waals surface area (Å²) in [4.78, 5) is 18.3. The molecule has 0 spiro atoms. The van der Waals surface area contributed by atoms with Crippen molar-refractivity contribution in [2.45, 2.75) is 0 Å². The molecular weight excluding hydrogens is 275 g/mol. The molecule has 0 atom stereocenters. The van der Waals surface area contributed by atoms with Crippen molar-refractivity contribution in [2.24, 2.45) is 10.7 Å². The molecule has 0 unspecified atom stereocenters. The number of hydrogen-bond acceptors (Lipinski definition) is 1. The Balaban J connectivity index is 0.00000162. The summed E-state index contributed by atoms with van der Waals surface area (Å²) in [5.41, 5.74) is 6.48. The summed E-state index contributed by atoms with van der Waals surface area (Å²) in [6, 6.07) is 7.12. The minimum Gasteiger partial charge on any atom is -0.370 e. The highest BCUT2D eigenvalue weighted by atomic mass is 35.5. The van der Waals surface area contributed by atoms with Gasteiger partial charge in [0.25, 0.3) is 5.91 Å². The Morgan fingerprint density at radius 1 is 1.50 bits per heavy atom. The van der Waals surface area contributed by atoms with E-state index in [9.17, 15) is 4.79 Å². The predicted molar refractivity (Wildman–Crippen MR) is 75.6 cm³/mol. The number of carbonyl (C=O) groups is 1. The normalized spacial score (nSPS) is 11.1. The molecule has 0 saturated carbocycles. The fourth-order valence-corrected chi connectivity index (χ4v) is 1.69. The Hall–Kier alpha value is -1.72. The molecule has 5 nitrogen and oxygen atoms in total. The van der Waals surface area contributed by atoms with Crippen LogP contribution < -0.4 is 11.1 Å². The van der Waals surface area contributed by atoms with Crippen molar-refractivity contribution in [3.8, 4) is 0 Å². The zero-order valence-electron chi connectivity index (χ0n) is 9.53. The van der Waals surface area contributed by atoms with Crippen molar-refractivity contribution in [3.63, 3.8) is 0 Å². The highest BCUT2D eigenvalue weighted by molar-refractivity contribution is 6.35. The molecule has 18 heavy (non-hydrogen) atoms.